The number of nitro benzene ring substituents is 1. The topological polar surface area (TPSA) is 72.7 Å². The van der Waals surface area contributed by atoms with E-state index in [0.29, 0.717) is 18.7 Å². The van der Waals surface area contributed by atoms with Crippen molar-refractivity contribution < 1.29 is 14.5 Å². The highest BCUT2D eigenvalue weighted by Gasteiger charge is 2.14. The number of hydrogen-bond donors (Lipinski definition) is 0. The molecule has 0 heterocycles. The van der Waals surface area contributed by atoms with Gasteiger partial charge >= 0.3 is 0 Å². The third-order valence-corrected chi connectivity index (χ3v) is 3.33. The number of nitro groups is 1. The zero-order valence-electron chi connectivity index (χ0n) is 13.1. The van der Waals surface area contributed by atoms with Gasteiger partial charge in [0.2, 0.25) is 0 Å². The first-order valence-corrected chi connectivity index (χ1v) is 7.23. The average Bonchev–Trinajstić information content (AvgIpc) is 2.56. The molecule has 0 atom stereocenters. The molecule has 2 rings (SSSR count). The molecule has 23 heavy (non-hydrogen) atoms. The second-order valence-electron chi connectivity index (χ2n) is 5.04. The summed E-state index contributed by atoms with van der Waals surface area (Å²) in [7, 11) is 1.69. The minimum atomic E-state index is -0.488. The summed E-state index contributed by atoms with van der Waals surface area (Å²) in [4.78, 5) is 24.0. The van der Waals surface area contributed by atoms with E-state index >= 15 is 0 Å². The normalized spacial score (nSPS) is 10.2. The molecule has 0 aromatic heterocycles. The number of carbonyl (C=O) groups is 1. The van der Waals surface area contributed by atoms with Crippen LogP contribution in [0.4, 0.5) is 5.69 Å². The van der Waals surface area contributed by atoms with E-state index in [9.17, 15) is 14.9 Å². The van der Waals surface area contributed by atoms with Crippen molar-refractivity contribution in [2.75, 3.05) is 13.7 Å². The maximum Gasteiger partial charge on any atom is 0.269 e. The smallest absolute Gasteiger partial charge is 0.269 e. The second kappa shape index (κ2) is 7.40. The Morgan fingerprint density at radius 3 is 2.26 bits per heavy atom. The van der Waals surface area contributed by atoms with Crippen molar-refractivity contribution in [3.8, 4) is 5.75 Å². The summed E-state index contributed by atoms with van der Waals surface area (Å²) in [5.74, 6) is 0.606. The molecule has 0 spiro atoms. The van der Waals surface area contributed by atoms with Crippen molar-refractivity contribution in [3.63, 3.8) is 0 Å². The first-order chi connectivity index (χ1) is 11.0. The van der Waals surface area contributed by atoms with Crippen LogP contribution in [0.1, 0.15) is 22.8 Å². The molecule has 0 aliphatic rings. The molecule has 2 aromatic rings. The molecule has 0 aliphatic carbocycles. The summed E-state index contributed by atoms with van der Waals surface area (Å²) >= 11 is 0. The SMILES string of the molecule is CCOc1ccc(CN(C)C(=O)c2ccc([N+](=O)[O-])cc2)cc1. The summed E-state index contributed by atoms with van der Waals surface area (Å²) in [6.45, 7) is 2.98. The molecule has 6 nitrogen and oxygen atoms in total. The fraction of sp³-hybridized carbons (Fsp3) is 0.235. The first kappa shape index (κ1) is 16.5. The predicted molar refractivity (Wildman–Crippen MR) is 86.5 cm³/mol. The van der Waals surface area contributed by atoms with E-state index in [1.807, 2.05) is 31.2 Å². The largest absolute Gasteiger partial charge is 0.494 e. The van der Waals surface area contributed by atoms with E-state index in [0.717, 1.165) is 11.3 Å². The van der Waals surface area contributed by atoms with Crippen molar-refractivity contribution in [3.05, 3.63) is 69.8 Å². The monoisotopic (exact) mass is 314 g/mol. The van der Waals surface area contributed by atoms with Crippen LogP contribution in [0, 0.1) is 10.1 Å². The summed E-state index contributed by atoms with van der Waals surface area (Å²) in [5.41, 5.74) is 1.37. The van der Waals surface area contributed by atoms with Gasteiger partial charge in [0.15, 0.2) is 0 Å². The zero-order valence-corrected chi connectivity index (χ0v) is 13.1. The Hall–Kier alpha value is -2.89. The van der Waals surface area contributed by atoms with Crippen LogP contribution >= 0.6 is 0 Å². The number of ether oxygens (including phenoxy) is 1. The van der Waals surface area contributed by atoms with Crippen LogP contribution < -0.4 is 4.74 Å². The summed E-state index contributed by atoms with van der Waals surface area (Å²) in [6, 6.07) is 13.1. The fourth-order valence-corrected chi connectivity index (χ4v) is 2.15. The number of nitrogens with zero attached hydrogens (tertiary/aromatic N) is 2. The fourth-order valence-electron chi connectivity index (χ4n) is 2.15. The molecule has 0 saturated heterocycles. The molecule has 0 radical (unpaired) electrons. The molecular weight excluding hydrogens is 296 g/mol. The van der Waals surface area contributed by atoms with Crippen molar-refractivity contribution in [2.45, 2.75) is 13.5 Å². The van der Waals surface area contributed by atoms with Crippen LogP contribution in [0.15, 0.2) is 48.5 Å². The Morgan fingerprint density at radius 2 is 1.74 bits per heavy atom. The van der Waals surface area contributed by atoms with Crippen LogP contribution in [0.2, 0.25) is 0 Å². The number of carbonyl (C=O) groups excluding carboxylic acids is 1. The molecule has 1 amide bonds. The standard InChI is InChI=1S/C17H18N2O4/c1-3-23-16-10-4-13(5-11-16)12-18(2)17(20)14-6-8-15(9-7-14)19(21)22/h4-11H,3,12H2,1-2H3. The quantitative estimate of drug-likeness (QED) is 0.606. The van der Waals surface area contributed by atoms with Gasteiger partial charge in [0.25, 0.3) is 11.6 Å². The highest BCUT2D eigenvalue weighted by atomic mass is 16.6. The van der Waals surface area contributed by atoms with Crippen LogP contribution in [0.25, 0.3) is 0 Å². The Bertz CT molecular complexity index is 681. The average molecular weight is 314 g/mol. The molecule has 0 N–H and O–H groups in total. The van der Waals surface area contributed by atoms with Crippen LogP contribution in [-0.4, -0.2) is 29.4 Å². The Kier molecular flexibility index (Phi) is 5.30. The van der Waals surface area contributed by atoms with Crippen LogP contribution in [0.3, 0.4) is 0 Å². The number of benzene rings is 2. The summed E-state index contributed by atoms with van der Waals surface area (Å²) < 4.78 is 5.38. The van der Waals surface area contributed by atoms with Crippen molar-refractivity contribution in [2.24, 2.45) is 0 Å². The number of amides is 1. The Morgan fingerprint density at radius 1 is 1.13 bits per heavy atom. The lowest BCUT2D eigenvalue weighted by molar-refractivity contribution is -0.384. The van der Waals surface area contributed by atoms with E-state index < -0.39 is 4.92 Å². The highest BCUT2D eigenvalue weighted by molar-refractivity contribution is 5.94. The maximum atomic E-state index is 12.3. The number of non-ortho nitro benzene ring substituents is 1. The number of hydrogen-bond acceptors (Lipinski definition) is 4. The molecule has 0 bridgehead atoms. The van der Waals surface area contributed by atoms with Gasteiger partial charge in [-0.25, -0.2) is 0 Å². The minimum absolute atomic E-state index is 0.0317. The van der Waals surface area contributed by atoms with E-state index in [1.165, 1.54) is 24.3 Å². The molecule has 6 heteroatoms. The highest BCUT2D eigenvalue weighted by Crippen LogP contribution is 2.16. The van der Waals surface area contributed by atoms with E-state index in [2.05, 4.69) is 0 Å². The predicted octanol–water partition coefficient (Wildman–Crippen LogP) is 3.27. The van der Waals surface area contributed by atoms with E-state index in [4.69, 9.17) is 4.74 Å². The number of rotatable bonds is 6. The summed E-state index contributed by atoms with van der Waals surface area (Å²) in [6.07, 6.45) is 0. The van der Waals surface area contributed by atoms with Crippen LogP contribution in [0.5, 0.6) is 5.75 Å². The van der Waals surface area contributed by atoms with Crippen molar-refractivity contribution >= 4 is 11.6 Å². The van der Waals surface area contributed by atoms with Gasteiger partial charge in [-0.15, -0.1) is 0 Å². The van der Waals surface area contributed by atoms with Gasteiger partial charge < -0.3 is 9.64 Å². The molecule has 2 aromatic carbocycles. The van der Waals surface area contributed by atoms with Gasteiger partial charge in [0.1, 0.15) is 5.75 Å². The Labute approximate surface area is 134 Å². The van der Waals surface area contributed by atoms with Crippen molar-refractivity contribution in [1.29, 1.82) is 0 Å². The van der Waals surface area contributed by atoms with Gasteiger partial charge in [0, 0.05) is 31.3 Å². The molecule has 0 unspecified atom stereocenters. The lowest BCUT2D eigenvalue weighted by Crippen LogP contribution is -2.26. The third-order valence-electron chi connectivity index (χ3n) is 3.33. The van der Waals surface area contributed by atoms with Gasteiger partial charge in [-0.1, -0.05) is 12.1 Å². The third kappa shape index (κ3) is 4.29. The van der Waals surface area contributed by atoms with Gasteiger partial charge in [-0.3, -0.25) is 14.9 Å². The second-order valence-corrected chi connectivity index (χ2v) is 5.04. The van der Waals surface area contributed by atoms with Gasteiger partial charge in [-0.05, 0) is 36.8 Å². The zero-order chi connectivity index (χ0) is 16.8. The van der Waals surface area contributed by atoms with Crippen molar-refractivity contribution in [1.82, 2.24) is 4.90 Å². The van der Waals surface area contributed by atoms with E-state index in [1.54, 1.807) is 11.9 Å². The lowest BCUT2D eigenvalue weighted by atomic mass is 10.1. The minimum Gasteiger partial charge on any atom is -0.494 e. The van der Waals surface area contributed by atoms with Crippen LogP contribution in [-0.2, 0) is 6.54 Å². The molecular formula is C17H18N2O4. The van der Waals surface area contributed by atoms with E-state index in [-0.39, 0.29) is 11.6 Å². The first-order valence-electron chi connectivity index (χ1n) is 7.23. The molecule has 120 valence electrons. The Balaban J connectivity index is 2.02. The summed E-state index contributed by atoms with van der Waals surface area (Å²) in [5, 5.41) is 10.6. The van der Waals surface area contributed by atoms with Gasteiger partial charge in [-0.2, -0.15) is 0 Å². The molecule has 0 saturated carbocycles. The molecule has 0 fully saturated rings. The maximum absolute atomic E-state index is 12.3. The van der Waals surface area contributed by atoms with Gasteiger partial charge in [0.05, 0.1) is 11.5 Å². The lowest BCUT2D eigenvalue weighted by Gasteiger charge is -2.17. The molecule has 0 aliphatic heterocycles.